The van der Waals surface area contributed by atoms with Gasteiger partial charge in [-0.15, -0.1) is 23.1 Å². The third kappa shape index (κ3) is 2.97. The Hall–Kier alpha value is -0.560. The van der Waals surface area contributed by atoms with E-state index in [0.717, 1.165) is 23.5 Å². The largest absolute Gasteiger partial charge is 0.477 e. The van der Waals surface area contributed by atoms with Crippen molar-refractivity contribution in [2.45, 2.75) is 42.5 Å². The molecular formula is C13H16O4S2. The van der Waals surface area contributed by atoms with Crippen LogP contribution in [-0.2, 0) is 9.47 Å². The summed E-state index contributed by atoms with van der Waals surface area (Å²) in [6.07, 6.45) is 4.51. The first-order chi connectivity index (χ1) is 9.17. The molecule has 0 bridgehead atoms. The van der Waals surface area contributed by atoms with Crippen LogP contribution in [0.5, 0.6) is 0 Å². The Labute approximate surface area is 120 Å². The van der Waals surface area contributed by atoms with Gasteiger partial charge in [-0.3, -0.25) is 0 Å². The maximum Gasteiger partial charge on any atom is 0.345 e. The number of rotatable bonds is 4. The van der Waals surface area contributed by atoms with Gasteiger partial charge in [0.15, 0.2) is 5.79 Å². The second kappa shape index (κ2) is 5.44. The molecule has 1 spiro atoms. The first-order valence-electron chi connectivity index (χ1n) is 6.43. The Morgan fingerprint density at radius 2 is 2.32 bits per heavy atom. The standard InChI is InChI=1S/C13H16O4S2/c14-12(15)11-5-10(8-19-11)18-7-9-6-16-13(17-9)3-1-2-4-13/h5,8-9H,1-4,6-7H2,(H,14,15). The number of carbonyl (C=O) groups is 1. The Morgan fingerprint density at radius 3 is 3.00 bits per heavy atom. The van der Waals surface area contributed by atoms with E-state index in [1.165, 1.54) is 24.2 Å². The highest BCUT2D eigenvalue weighted by Crippen LogP contribution is 2.40. The predicted molar refractivity (Wildman–Crippen MR) is 74.0 cm³/mol. The molecule has 1 atom stereocenters. The van der Waals surface area contributed by atoms with Gasteiger partial charge in [0, 0.05) is 28.9 Å². The molecule has 1 aliphatic heterocycles. The van der Waals surface area contributed by atoms with Crippen molar-refractivity contribution in [1.29, 1.82) is 0 Å². The van der Waals surface area contributed by atoms with Gasteiger partial charge in [-0.2, -0.15) is 0 Å². The maximum absolute atomic E-state index is 10.8. The third-order valence-corrected chi connectivity index (χ3v) is 5.68. The molecule has 1 N–H and O–H groups in total. The Balaban J connectivity index is 1.51. The van der Waals surface area contributed by atoms with Crippen LogP contribution in [-0.4, -0.2) is 35.3 Å². The third-order valence-electron chi connectivity index (χ3n) is 3.50. The van der Waals surface area contributed by atoms with Crippen molar-refractivity contribution >= 4 is 29.1 Å². The van der Waals surface area contributed by atoms with Crippen LogP contribution in [0.25, 0.3) is 0 Å². The molecule has 1 aromatic rings. The average Bonchev–Trinajstić information content (AvgIpc) is 3.10. The molecule has 6 heteroatoms. The summed E-state index contributed by atoms with van der Waals surface area (Å²) in [5, 5.41) is 10.8. The van der Waals surface area contributed by atoms with Crippen LogP contribution in [0.1, 0.15) is 35.4 Å². The predicted octanol–water partition coefficient (Wildman–Crippen LogP) is 3.22. The Kier molecular flexibility index (Phi) is 3.84. The summed E-state index contributed by atoms with van der Waals surface area (Å²) in [5.41, 5.74) is 0. The van der Waals surface area contributed by atoms with Crippen LogP contribution < -0.4 is 0 Å². The van der Waals surface area contributed by atoms with E-state index in [4.69, 9.17) is 14.6 Å². The van der Waals surface area contributed by atoms with Gasteiger partial charge in [0.2, 0.25) is 0 Å². The molecular weight excluding hydrogens is 284 g/mol. The molecule has 2 fully saturated rings. The minimum atomic E-state index is -0.859. The molecule has 0 radical (unpaired) electrons. The van der Waals surface area contributed by atoms with E-state index in [0.29, 0.717) is 11.5 Å². The summed E-state index contributed by atoms with van der Waals surface area (Å²) in [7, 11) is 0. The van der Waals surface area contributed by atoms with Gasteiger partial charge in [-0.1, -0.05) is 0 Å². The van der Waals surface area contributed by atoms with Gasteiger partial charge >= 0.3 is 5.97 Å². The van der Waals surface area contributed by atoms with Gasteiger partial charge in [0.05, 0.1) is 12.7 Å². The van der Waals surface area contributed by atoms with Gasteiger partial charge < -0.3 is 14.6 Å². The Morgan fingerprint density at radius 1 is 1.53 bits per heavy atom. The molecule has 4 nitrogen and oxygen atoms in total. The molecule has 19 heavy (non-hydrogen) atoms. The minimum Gasteiger partial charge on any atom is -0.477 e. The molecule has 0 amide bonds. The molecule has 1 aromatic heterocycles. The second-order valence-electron chi connectivity index (χ2n) is 4.93. The number of hydrogen-bond donors (Lipinski definition) is 1. The van der Waals surface area contributed by atoms with Crippen molar-refractivity contribution in [2.24, 2.45) is 0 Å². The number of thiophene rings is 1. The molecule has 1 aliphatic carbocycles. The van der Waals surface area contributed by atoms with E-state index in [1.807, 2.05) is 5.38 Å². The first-order valence-corrected chi connectivity index (χ1v) is 8.30. The van der Waals surface area contributed by atoms with E-state index in [2.05, 4.69) is 0 Å². The van der Waals surface area contributed by atoms with E-state index in [1.54, 1.807) is 17.8 Å². The van der Waals surface area contributed by atoms with Gasteiger partial charge in [-0.05, 0) is 18.9 Å². The van der Waals surface area contributed by atoms with Crippen molar-refractivity contribution in [3.05, 3.63) is 16.3 Å². The molecule has 104 valence electrons. The van der Waals surface area contributed by atoms with E-state index in [9.17, 15) is 4.79 Å². The lowest BCUT2D eigenvalue weighted by molar-refractivity contribution is -0.159. The summed E-state index contributed by atoms with van der Waals surface area (Å²) < 4.78 is 11.8. The maximum atomic E-state index is 10.8. The zero-order valence-electron chi connectivity index (χ0n) is 10.5. The van der Waals surface area contributed by atoms with E-state index >= 15 is 0 Å². The van der Waals surface area contributed by atoms with Crippen molar-refractivity contribution in [3.8, 4) is 0 Å². The first kappa shape index (κ1) is 13.4. The molecule has 2 heterocycles. The lowest BCUT2D eigenvalue weighted by Crippen LogP contribution is -2.27. The van der Waals surface area contributed by atoms with Gasteiger partial charge in [0.1, 0.15) is 4.88 Å². The highest BCUT2D eigenvalue weighted by Gasteiger charge is 2.43. The van der Waals surface area contributed by atoms with Crippen LogP contribution in [0.3, 0.4) is 0 Å². The average molecular weight is 300 g/mol. The fourth-order valence-corrected chi connectivity index (χ4v) is 4.41. The van der Waals surface area contributed by atoms with Crippen molar-refractivity contribution in [1.82, 2.24) is 0 Å². The van der Waals surface area contributed by atoms with Gasteiger partial charge in [0.25, 0.3) is 0 Å². The molecule has 2 aliphatic rings. The number of aromatic carboxylic acids is 1. The van der Waals surface area contributed by atoms with Gasteiger partial charge in [-0.25, -0.2) is 4.79 Å². The topological polar surface area (TPSA) is 55.8 Å². The fraction of sp³-hybridized carbons (Fsp3) is 0.615. The number of ether oxygens (including phenoxy) is 2. The van der Waals surface area contributed by atoms with Crippen LogP contribution in [0, 0.1) is 0 Å². The zero-order valence-corrected chi connectivity index (χ0v) is 12.1. The van der Waals surface area contributed by atoms with Crippen LogP contribution in [0.4, 0.5) is 0 Å². The summed E-state index contributed by atoms with van der Waals surface area (Å²) in [6.45, 7) is 0.656. The fourth-order valence-electron chi connectivity index (χ4n) is 2.57. The zero-order chi connectivity index (χ0) is 13.3. The molecule has 1 saturated carbocycles. The highest BCUT2D eigenvalue weighted by atomic mass is 32.2. The van der Waals surface area contributed by atoms with Crippen molar-refractivity contribution < 1.29 is 19.4 Å². The SMILES string of the molecule is O=C(O)c1cc(SCC2COC3(CCCC3)O2)cs1. The highest BCUT2D eigenvalue weighted by molar-refractivity contribution is 7.99. The lowest BCUT2D eigenvalue weighted by Gasteiger charge is -2.21. The smallest absolute Gasteiger partial charge is 0.345 e. The lowest BCUT2D eigenvalue weighted by atomic mass is 10.2. The number of carboxylic acids is 1. The minimum absolute atomic E-state index is 0.122. The monoisotopic (exact) mass is 300 g/mol. The number of hydrogen-bond acceptors (Lipinski definition) is 5. The summed E-state index contributed by atoms with van der Waals surface area (Å²) in [6, 6.07) is 1.72. The summed E-state index contributed by atoms with van der Waals surface area (Å²) >= 11 is 2.91. The van der Waals surface area contributed by atoms with E-state index < -0.39 is 5.97 Å². The summed E-state index contributed by atoms with van der Waals surface area (Å²) in [5.74, 6) is -0.342. The second-order valence-corrected chi connectivity index (χ2v) is 6.94. The quantitative estimate of drug-likeness (QED) is 0.865. The normalized spacial score (nSPS) is 25.2. The van der Waals surface area contributed by atoms with Crippen molar-refractivity contribution in [2.75, 3.05) is 12.4 Å². The molecule has 1 unspecified atom stereocenters. The van der Waals surface area contributed by atoms with Crippen LogP contribution in [0.15, 0.2) is 16.3 Å². The molecule has 3 rings (SSSR count). The Bertz CT molecular complexity index is 465. The van der Waals surface area contributed by atoms with Crippen molar-refractivity contribution in [3.63, 3.8) is 0 Å². The molecule has 0 aromatic carbocycles. The summed E-state index contributed by atoms with van der Waals surface area (Å²) in [4.78, 5) is 12.2. The number of carboxylic acid groups (broad SMARTS) is 1. The van der Waals surface area contributed by atoms with Crippen LogP contribution in [0.2, 0.25) is 0 Å². The molecule has 1 saturated heterocycles. The van der Waals surface area contributed by atoms with E-state index in [-0.39, 0.29) is 11.9 Å². The number of thioether (sulfide) groups is 1. The van der Waals surface area contributed by atoms with Crippen LogP contribution >= 0.6 is 23.1 Å².